The van der Waals surface area contributed by atoms with Gasteiger partial charge in [0.05, 0.1) is 6.67 Å². The van der Waals surface area contributed by atoms with E-state index in [2.05, 4.69) is 39.4 Å². The van der Waals surface area contributed by atoms with E-state index in [1.54, 1.807) is 6.07 Å². The zero-order chi connectivity index (χ0) is 17.8. The van der Waals surface area contributed by atoms with Crippen LogP contribution in [-0.4, -0.2) is 48.6 Å². The minimum Gasteiger partial charge on any atom is -0.451 e. The number of benzene rings is 2. The van der Waals surface area contributed by atoms with Crippen molar-refractivity contribution in [1.82, 2.24) is 15.1 Å². The number of carbonyl (C=O) groups excluding carboxylic acids is 1. The molecule has 1 N–H and O–H groups in total. The van der Waals surface area contributed by atoms with Crippen LogP contribution in [0.3, 0.4) is 0 Å². The maximum Gasteiger partial charge on any atom is 0.288 e. The maximum absolute atomic E-state index is 12.3. The molecule has 0 radical (unpaired) electrons. The Labute approximate surface area is 153 Å². The van der Waals surface area contributed by atoms with Gasteiger partial charge in [-0.05, 0) is 17.7 Å². The molecule has 1 aliphatic heterocycles. The number of furan rings is 1. The third-order valence-electron chi connectivity index (χ3n) is 4.83. The van der Waals surface area contributed by atoms with E-state index < -0.39 is 0 Å². The summed E-state index contributed by atoms with van der Waals surface area (Å²) in [5, 5.41) is 3.92. The van der Waals surface area contributed by atoms with Crippen LogP contribution in [0.5, 0.6) is 0 Å². The van der Waals surface area contributed by atoms with Gasteiger partial charge < -0.3 is 9.73 Å². The minimum atomic E-state index is -0.159. The monoisotopic (exact) mass is 349 g/mol. The summed E-state index contributed by atoms with van der Waals surface area (Å²) >= 11 is 0. The van der Waals surface area contributed by atoms with Gasteiger partial charge in [-0.1, -0.05) is 48.5 Å². The number of carbonyl (C=O) groups is 1. The number of piperazine rings is 1. The zero-order valence-corrected chi connectivity index (χ0v) is 14.7. The lowest BCUT2D eigenvalue weighted by Gasteiger charge is -2.34. The summed E-state index contributed by atoms with van der Waals surface area (Å²) < 4.78 is 5.61. The zero-order valence-electron chi connectivity index (χ0n) is 14.7. The summed E-state index contributed by atoms with van der Waals surface area (Å²) in [4.78, 5) is 17.0. The quantitative estimate of drug-likeness (QED) is 0.769. The van der Waals surface area contributed by atoms with E-state index in [4.69, 9.17) is 4.42 Å². The first kappa shape index (κ1) is 16.8. The van der Waals surface area contributed by atoms with Crippen molar-refractivity contribution >= 4 is 16.9 Å². The third-order valence-corrected chi connectivity index (χ3v) is 4.83. The molecular weight excluding hydrogens is 326 g/mol. The lowest BCUT2D eigenvalue weighted by Crippen LogP contribution is -2.49. The fourth-order valence-corrected chi connectivity index (χ4v) is 3.31. The lowest BCUT2D eigenvalue weighted by atomic mass is 10.2. The number of amides is 1. The summed E-state index contributed by atoms with van der Waals surface area (Å²) in [7, 11) is 0. The lowest BCUT2D eigenvalue weighted by molar-refractivity contribution is 0.0842. The van der Waals surface area contributed by atoms with Gasteiger partial charge in [0.15, 0.2) is 5.76 Å². The van der Waals surface area contributed by atoms with Crippen LogP contribution in [0, 0.1) is 0 Å². The molecule has 0 atom stereocenters. The summed E-state index contributed by atoms with van der Waals surface area (Å²) in [6, 6.07) is 20.0. The first-order valence-corrected chi connectivity index (χ1v) is 9.03. The van der Waals surface area contributed by atoms with Crippen molar-refractivity contribution in [2.24, 2.45) is 0 Å². The Morgan fingerprint density at radius 3 is 2.38 bits per heavy atom. The van der Waals surface area contributed by atoms with Gasteiger partial charge in [-0.2, -0.15) is 0 Å². The topological polar surface area (TPSA) is 48.7 Å². The highest BCUT2D eigenvalue weighted by molar-refractivity contribution is 5.95. The second-order valence-corrected chi connectivity index (χ2v) is 6.69. The van der Waals surface area contributed by atoms with E-state index in [-0.39, 0.29) is 5.91 Å². The molecule has 4 rings (SSSR count). The van der Waals surface area contributed by atoms with Crippen LogP contribution in [0.4, 0.5) is 0 Å². The Balaban J connectivity index is 1.25. The van der Waals surface area contributed by atoms with Gasteiger partial charge in [-0.25, -0.2) is 0 Å². The number of rotatable bonds is 5. The number of para-hydroxylation sites is 1. The molecule has 1 saturated heterocycles. The van der Waals surface area contributed by atoms with Crippen LogP contribution in [0.2, 0.25) is 0 Å². The molecule has 0 bridgehead atoms. The van der Waals surface area contributed by atoms with E-state index in [0.717, 1.165) is 43.7 Å². The SMILES string of the molecule is O=C(NCN1CCN(Cc2ccccc2)CC1)c1cc2ccccc2o1. The highest BCUT2D eigenvalue weighted by atomic mass is 16.3. The van der Waals surface area contributed by atoms with Crippen molar-refractivity contribution in [1.29, 1.82) is 0 Å². The van der Waals surface area contributed by atoms with E-state index in [1.165, 1.54) is 5.56 Å². The Morgan fingerprint density at radius 1 is 0.923 bits per heavy atom. The smallest absolute Gasteiger partial charge is 0.288 e. The van der Waals surface area contributed by atoms with Gasteiger partial charge in [-0.15, -0.1) is 0 Å². The average Bonchev–Trinajstić information content (AvgIpc) is 3.12. The van der Waals surface area contributed by atoms with E-state index >= 15 is 0 Å². The molecule has 0 spiro atoms. The Hall–Kier alpha value is -2.63. The van der Waals surface area contributed by atoms with Crippen molar-refractivity contribution in [3.63, 3.8) is 0 Å². The number of fused-ring (bicyclic) bond motifs is 1. The molecule has 0 saturated carbocycles. The van der Waals surface area contributed by atoms with Crippen LogP contribution < -0.4 is 5.32 Å². The normalized spacial score (nSPS) is 16.0. The van der Waals surface area contributed by atoms with Crippen LogP contribution in [0.1, 0.15) is 16.1 Å². The van der Waals surface area contributed by atoms with Gasteiger partial charge >= 0.3 is 0 Å². The van der Waals surface area contributed by atoms with Crippen LogP contribution in [-0.2, 0) is 6.54 Å². The Kier molecular flexibility index (Phi) is 5.00. The van der Waals surface area contributed by atoms with Crippen molar-refractivity contribution < 1.29 is 9.21 Å². The predicted molar refractivity (Wildman–Crippen MR) is 102 cm³/mol. The number of nitrogens with one attached hydrogen (secondary N) is 1. The fourth-order valence-electron chi connectivity index (χ4n) is 3.31. The second kappa shape index (κ2) is 7.72. The molecule has 1 aromatic heterocycles. The Morgan fingerprint density at radius 2 is 1.62 bits per heavy atom. The average molecular weight is 349 g/mol. The van der Waals surface area contributed by atoms with Gasteiger partial charge in [-0.3, -0.25) is 14.6 Å². The second-order valence-electron chi connectivity index (χ2n) is 6.69. The van der Waals surface area contributed by atoms with Gasteiger partial charge in [0.2, 0.25) is 0 Å². The van der Waals surface area contributed by atoms with Crippen LogP contribution >= 0.6 is 0 Å². The number of nitrogens with zero attached hydrogens (tertiary/aromatic N) is 2. The van der Waals surface area contributed by atoms with Gasteiger partial charge in [0.25, 0.3) is 5.91 Å². The molecule has 5 heteroatoms. The van der Waals surface area contributed by atoms with Gasteiger partial charge in [0, 0.05) is 38.1 Å². The van der Waals surface area contributed by atoms with Crippen LogP contribution in [0.25, 0.3) is 11.0 Å². The van der Waals surface area contributed by atoms with Gasteiger partial charge in [0.1, 0.15) is 5.58 Å². The third kappa shape index (κ3) is 3.95. The Bertz CT molecular complexity index is 834. The molecule has 26 heavy (non-hydrogen) atoms. The first-order valence-electron chi connectivity index (χ1n) is 9.03. The van der Waals surface area contributed by atoms with E-state index in [0.29, 0.717) is 12.4 Å². The molecule has 3 aromatic rings. The van der Waals surface area contributed by atoms with E-state index in [1.807, 2.05) is 30.3 Å². The number of hydrogen-bond donors (Lipinski definition) is 1. The van der Waals surface area contributed by atoms with Crippen molar-refractivity contribution in [2.75, 3.05) is 32.8 Å². The molecule has 1 amide bonds. The van der Waals surface area contributed by atoms with Crippen molar-refractivity contribution in [3.8, 4) is 0 Å². The molecular formula is C21H23N3O2. The fraction of sp³-hybridized carbons (Fsp3) is 0.286. The minimum absolute atomic E-state index is 0.159. The molecule has 0 unspecified atom stereocenters. The standard InChI is InChI=1S/C21H23N3O2/c25-21(20-14-18-8-4-5-9-19(18)26-20)22-16-24-12-10-23(11-13-24)15-17-6-2-1-3-7-17/h1-9,14H,10-13,15-16H2,(H,22,25). The maximum atomic E-state index is 12.3. The molecule has 5 nitrogen and oxygen atoms in total. The first-order chi connectivity index (χ1) is 12.8. The summed E-state index contributed by atoms with van der Waals surface area (Å²) in [5.74, 6) is 0.210. The molecule has 2 heterocycles. The molecule has 2 aromatic carbocycles. The molecule has 1 fully saturated rings. The summed E-state index contributed by atoms with van der Waals surface area (Å²) in [6.07, 6.45) is 0. The van der Waals surface area contributed by atoms with Crippen molar-refractivity contribution in [3.05, 3.63) is 72.0 Å². The van der Waals surface area contributed by atoms with E-state index in [9.17, 15) is 4.79 Å². The number of hydrogen-bond acceptors (Lipinski definition) is 4. The highest BCUT2D eigenvalue weighted by Gasteiger charge is 2.18. The largest absolute Gasteiger partial charge is 0.451 e. The highest BCUT2D eigenvalue weighted by Crippen LogP contribution is 2.18. The summed E-state index contributed by atoms with van der Waals surface area (Å²) in [5.41, 5.74) is 2.09. The molecule has 1 aliphatic rings. The molecule has 134 valence electrons. The summed E-state index contributed by atoms with van der Waals surface area (Å²) in [6.45, 7) is 5.46. The molecule has 0 aliphatic carbocycles. The predicted octanol–water partition coefficient (Wildman–Crippen LogP) is 2.94. The van der Waals surface area contributed by atoms with Crippen LogP contribution in [0.15, 0.2) is 65.1 Å². The van der Waals surface area contributed by atoms with Crippen molar-refractivity contribution in [2.45, 2.75) is 6.54 Å².